The molecule has 0 radical (unpaired) electrons. The van der Waals surface area contributed by atoms with Crippen LogP contribution < -0.4 is 5.73 Å². The Kier molecular flexibility index (Phi) is 2.84. The number of amides is 1. The fourth-order valence-electron chi connectivity index (χ4n) is 1.91. The second kappa shape index (κ2) is 3.83. The van der Waals surface area contributed by atoms with Gasteiger partial charge >= 0.3 is 6.18 Å². The average Bonchev–Trinajstić information content (AvgIpc) is 3.00. The third-order valence-electron chi connectivity index (χ3n) is 3.23. The van der Waals surface area contributed by atoms with Crippen molar-refractivity contribution >= 4 is 23.1 Å². The Bertz CT molecular complexity index is 361. The highest BCUT2D eigenvalue weighted by Crippen LogP contribution is 2.49. The first kappa shape index (κ1) is 12.6. The van der Waals surface area contributed by atoms with Gasteiger partial charge in [-0.2, -0.15) is 13.2 Å². The number of hydrogen-bond donors (Lipinski definition) is 1. The molecule has 1 amide bonds. The summed E-state index contributed by atoms with van der Waals surface area (Å²) >= 11 is 4.79. The van der Waals surface area contributed by atoms with E-state index < -0.39 is 24.0 Å². The first-order valence-corrected chi connectivity index (χ1v) is 5.85. The zero-order valence-corrected chi connectivity index (χ0v) is 9.90. The predicted octanol–water partition coefficient (Wildman–Crippen LogP) is 1.61. The molecule has 0 aromatic heterocycles. The van der Waals surface area contributed by atoms with Gasteiger partial charge in [0.1, 0.15) is 6.54 Å². The van der Waals surface area contributed by atoms with Crippen molar-refractivity contribution < 1.29 is 18.0 Å². The van der Waals surface area contributed by atoms with E-state index in [1.165, 1.54) is 0 Å². The molecule has 7 heteroatoms. The van der Waals surface area contributed by atoms with Gasteiger partial charge < -0.3 is 10.6 Å². The molecule has 2 N–H and O–H groups in total. The van der Waals surface area contributed by atoms with Crippen LogP contribution in [0.2, 0.25) is 0 Å². The third-order valence-corrected chi connectivity index (χ3v) is 3.62. The number of rotatable bonds is 4. The molecule has 96 valence electrons. The van der Waals surface area contributed by atoms with Crippen molar-refractivity contribution in [2.24, 2.45) is 11.1 Å². The number of thiocarbonyl (C=S) groups is 1. The summed E-state index contributed by atoms with van der Waals surface area (Å²) in [5, 5.41) is 0. The molecule has 0 heterocycles. The first-order valence-electron chi connectivity index (χ1n) is 5.44. The summed E-state index contributed by atoms with van der Waals surface area (Å²) in [5.41, 5.74) is 4.48. The van der Waals surface area contributed by atoms with Gasteiger partial charge in [-0.05, 0) is 25.7 Å². The summed E-state index contributed by atoms with van der Waals surface area (Å²) in [6, 6.07) is -0.282. The molecule has 2 aliphatic carbocycles. The molecule has 2 rings (SSSR count). The van der Waals surface area contributed by atoms with Crippen LogP contribution in [0, 0.1) is 5.41 Å². The van der Waals surface area contributed by atoms with E-state index in [0.29, 0.717) is 25.7 Å². The van der Waals surface area contributed by atoms with Crippen molar-refractivity contribution in [1.29, 1.82) is 0 Å². The highest BCUT2D eigenvalue weighted by Gasteiger charge is 2.57. The molecule has 2 aliphatic rings. The van der Waals surface area contributed by atoms with Crippen LogP contribution in [-0.4, -0.2) is 34.6 Å². The van der Waals surface area contributed by atoms with E-state index in [4.69, 9.17) is 18.0 Å². The molecule has 0 aromatic rings. The first-order chi connectivity index (χ1) is 7.76. The van der Waals surface area contributed by atoms with Gasteiger partial charge in [0.25, 0.3) is 0 Å². The maximum absolute atomic E-state index is 12.4. The van der Waals surface area contributed by atoms with Crippen LogP contribution in [0.5, 0.6) is 0 Å². The van der Waals surface area contributed by atoms with Crippen molar-refractivity contribution in [3.05, 3.63) is 0 Å². The molecule has 0 bridgehead atoms. The average molecular weight is 266 g/mol. The lowest BCUT2D eigenvalue weighted by molar-refractivity contribution is -0.164. The second-order valence-electron chi connectivity index (χ2n) is 4.73. The maximum atomic E-state index is 12.4. The molecule has 0 aromatic carbocycles. The van der Waals surface area contributed by atoms with Crippen LogP contribution in [0.1, 0.15) is 25.7 Å². The zero-order valence-electron chi connectivity index (χ0n) is 9.09. The van der Waals surface area contributed by atoms with E-state index in [1.807, 2.05) is 0 Å². The monoisotopic (exact) mass is 266 g/mol. The van der Waals surface area contributed by atoms with Gasteiger partial charge in [-0.25, -0.2) is 0 Å². The van der Waals surface area contributed by atoms with Crippen molar-refractivity contribution in [1.82, 2.24) is 4.90 Å². The van der Waals surface area contributed by atoms with Crippen molar-refractivity contribution in [2.75, 3.05) is 6.54 Å². The smallest absolute Gasteiger partial charge is 0.392 e. The van der Waals surface area contributed by atoms with Gasteiger partial charge in [0.05, 0.1) is 10.4 Å². The summed E-state index contributed by atoms with van der Waals surface area (Å²) < 4.78 is 37.2. The molecule has 0 saturated heterocycles. The van der Waals surface area contributed by atoms with E-state index in [-0.39, 0.29) is 11.0 Å². The molecule has 0 atom stereocenters. The Labute approximate surface area is 102 Å². The molecular weight excluding hydrogens is 253 g/mol. The Hall–Kier alpha value is -0.850. The Morgan fingerprint density at radius 1 is 1.41 bits per heavy atom. The molecule has 3 nitrogen and oxygen atoms in total. The molecule has 2 fully saturated rings. The zero-order chi connectivity index (χ0) is 12.8. The summed E-state index contributed by atoms with van der Waals surface area (Å²) in [6.45, 7) is -1.19. The number of carbonyl (C=O) groups is 1. The highest BCUT2D eigenvalue weighted by atomic mass is 32.1. The van der Waals surface area contributed by atoms with E-state index in [1.54, 1.807) is 0 Å². The lowest BCUT2D eigenvalue weighted by atomic mass is 10.1. The lowest BCUT2D eigenvalue weighted by Gasteiger charge is -2.27. The minimum absolute atomic E-state index is 0.0234. The van der Waals surface area contributed by atoms with E-state index >= 15 is 0 Å². The standard InChI is InChI=1S/C10H13F3N2OS/c11-10(12,13)5-15(6-1-2-6)8(16)9(3-4-9)7(14)17/h6H,1-5H2,(H2,14,17). The largest absolute Gasteiger partial charge is 0.406 e. The Morgan fingerprint density at radius 3 is 2.24 bits per heavy atom. The van der Waals surface area contributed by atoms with Gasteiger partial charge in [-0.1, -0.05) is 12.2 Å². The molecule has 0 aliphatic heterocycles. The normalized spacial score (nSPS) is 22.1. The van der Waals surface area contributed by atoms with Gasteiger partial charge in [-0.15, -0.1) is 0 Å². The van der Waals surface area contributed by atoms with Crippen LogP contribution >= 0.6 is 12.2 Å². The Morgan fingerprint density at radius 2 is 1.94 bits per heavy atom. The highest BCUT2D eigenvalue weighted by molar-refractivity contribution is 7.80. The van der Waals surface area contributed by atoms with Gasteiger partial charge in [0, 0.05) is 6.04 Å². The summed E-state index contributed by atoms with van der Waals surface area (Å²) in [7, 11) is 0. The Balaban J connectivity index is 2.12. The van der Waals surface area contributed by atoms with E-state index in [9.17, 15) is 18.0 Å². The molecule has 0 spiro atoms. The minimum Gasteiger partial charge on any atom is -0.392 e. The second-order valence-corrected chi connectivity index (χ2v) is 5.17. The molecule has 17 heavy (non-hydrogen) atoms. The summed E-state index contributed by atoms with van der Waals surface area (Å²) in [5.74, 6) is -0.537. The van der Waals surface area contributed by atoms with Crippen LogP contribution in [0.3, 0.4) is 0 Å². The van der Waals surface area contributed by atoms with E-state index in [2.05, 4.69) is 0 Å². The minimum atomic E-state index is -4.37. The number of carbonyl (C=O) groups excluding carboxylic acids is 1. The fraction of sp³-hybridized carbons (Fsp3) is 0.800. The van der Waals surface area contributed by atoms with Crippen LogP contribution in [0.4, 0.5) is 13.2 Å². The quantitative estimate of drug-likeness (QED) is 0.786. The third kappa shape index (κ3) is 2.53. The molecule has 0 unspecified atom stereocenters. The van der Waals surface area contributed by atoms with Gasteiger partial charge in [-0.3, -0.25) is 4.79 Å². The topological polar surface area (TPSA) is 46.3 Å². The van der Waals surface area contributed by atoms with Crippen molar-refractivity contribution in [2.45, 2.75) is 37.9 Å². The van der Waals surface area contributed by atoms with E-state index in [0.717, 1.165) is 4.90 Å². The SMILES string of the molecule is NC(=S)C1(C(=O)N(CC(F)(F)F)C2CC2)CC1. The fourth-order valence-corrected chi connectivity index (χ4v) is 2.20. The van der Waals surface area contributed by atoms with Gasteiger partial charge in [0.2, 0.25) is 5.91 Å². The summed E-state index contributed by atoms with van der Waals surface area (Å²) in [6.07, 6.45) is -2.15. The number of nitrogens with zero attached hydrogens (tertiary/aromatic N) is 1. The summed E-state index contributed by atoms with van der Waals surface area (Å²) in [4.78, 5) is 13.0. The lowest BCUT2D eigenvalue weighted by Crippen LogP contribution is -2.47. The number of halogens is 3. The number of hydrogen-bond acceptors (Lipinski definition) is 2. The molecular formula is C10H13F3N2OS. The maximum Gasteiger partial charge on any atom is 0.406 e. The van der Waals surface area contributed by atoms with Crippen LogP contribution in [0.15, 0.2) is 0 Å². The van der Waals surface area contributed by atoms with Crippen molar-refractivity contribution in [3.8, 4) is 0 Å². The van der Waals surface area contributed by atoms with Crippen LogP contribution in [0.25, 0.3) is 0 Å². The number of alkyl halides is 3. The number of nitrogens with two attached hydrogens (primary N) is 1. The van der Waals surface area contributed by atoms with Gasteiger partial charge in [0.15, 0.2) is 0 Å². The van der Waals surface area contributed by atoms with Crippen molar-refractivity contribution in [3.63, 3.8) is 0 Å². The molecule has 2 saturated carbocycles. The predicted molar refractivity (Wildman–Crippen MR) is 59.2 cm³/mol. The van der Waals surface area contributed by atoms with Crippen LogP contribution in [-0.2, 0) is 4.79 Å².